The lowest BCUT2D eigenvalue weighted by Crippen LogP contribution is -2.32. The molecule has 1 aromatic rings. The summed E-state index contributed by atoms with van der Waals surface area (Å²) in [5.74, 6) is 0.162. The van der Waals surface area contributed by atoms with Gasteiger partial charge in [0.2, 0.25) is 0 Å². The van der Waals surface area contributed by atoms with Crippen LogP contribution < -0.4 is 4.90 Å². The molecule has 0 saturated heterocycles. The van der Waals surface area contributed by atoms with E-state index in [-0.39, 0.29) is 5.78 Å². The second kappa shape index (κ2) is 5.36. The molecule has 19 heavy (non-hydrogen) atoms. The van der Waals surface area contributed by atoms with E-state index in [1.165, 1.54) is 24.1 Å². The molecule has 104 valence electrons. The monoisotopic (exact) mass is 259 g/mol. The van der Waals surface area contributed by atoms with Gasteiger partial charge in [0.25, 0.3) is 0 Å². The molecule has 0 unspecified atom stereocenters. The van der Waals surface area contributed by atoms with Gasteiger partial charge in [-0.1, -0.05) is 20.8 Å². The van der Waals surface area contributed by atoms with E-state index >= 15 is 0 Å². The number of Topliss-reactive ketones (excluding diaryl/α,β-unsaturated/α-hetero) is 1. The van der Waals surface area contributed by atoms with Crippen LogP contribution in [0.2, 0.25) is 0 Å². The summed E-state index contributed by atoms with van der Waals surface area (Å²) in [7, 11) is 0. The first-order valence-corrected chi connectivity index (χ1v) is 7.26. The van der Waals surface area contributed by atoms with Crippen molar-refractivity contribution >= 4 is 11.5 Å². The number of rotatable bonds is 3. The molecule has 2 rings (SSSR count). The van der Waals surface area contributed by atoms with E-state index in [2.05, 4.69) is 37.8 Å². The summed E-state index contributed by atoms with van der Waals surface area (Å²) in [4.78, 5) is 13.9. The topological polar surface area (TPSA) is 20.3 Å². The van der Waals surface area contributed by atoms with Crippen molar-refractivity contribution in [3.05, 3.63) is 29.3 Å². The third-order valence-corrected chi connectivity index (χ3v) is 3.83. The van der Waals surface area contributed by atoms with Gasteiger partial charge in [-0.2, -0.15) is 0 Å². The quantitative estimate of drug-likeness (QED) is 0.762. The molecule has 0 atom stereocenters. The summed E-state index contributed by atoms with van der Waals surface area (Å²) in [5.41, 5.74) is 3.89. The Morgan fingerprint density at radius 2 is 2.05 bits per heavy atom. The lowest BCUT2D eigenvalue weighted by Gasteiger charge is -2.33. The molecule has 0 aromatic heterocycles. The van der Waals surface area contributed by atoms with Gasteiger partial charge >= 0.3 is 0 Å². The number of fused-ring (bicyclic) bond motifs is 1. The van der Waals surface area contributed by atoms with E-state index in [9.17, 15) is 4.79 Å². The van der Waals surface area contributed by atoms with E-state index in [0.29, 0.717) is 5.41 Å². The molecule has 1 aliphatic heterocycles. The lowest BCUT2D eigenvalue weighted by atomic mass is 9.91. The van der Waals surface area contributed by atoms with Crippen LogP contribution in [-0.2, 0) is 6.42 Å². The van der Waals surface area contributed by atoms with Gasteiger partial charge in [-0.25, -0.2) is 0 Å². The maximum atomic E-state index is 11.5. The number of nitrogens with zero attached hydrogens (tertiary/aromatic N) is 1. The van der Waals surface area contributed by atoms with E-state index in [0.717, 1.165) is 25.1 Å². The first-order chi connectivity index (χ1) is 8.87. The molecule has 0 fully saturated rings. The third kappa shape index (κ3) is 3.59. The lowest BCUT2D eigenvalue weighted by molar-refractivity contribution is 0.101. The largest absolute Gasteiger partial charge is 0.371 e. The van der Waals surface area contributed by atoms with Gasteiger partial charge < -0.3 is 4.90 Å². The van der Waals surface area contributed by atoms with Crippen LogP contribution in [-0.4, -0.2) is 18.9 Å². The van der Waals surface area contributed by atoms with Crippen molar-refractivity contribution in [2.45, 2.75) is 47.0 Å². The summed E-state index contributed by atoms with van der Waals surface area (Å²) >= 11 is 0. The highest BCUT2D eigenvalue weighted by Gasteiger charge is 2.19. The Bertz CT molecular complexity index is 471. The molecule has 0 radical (unpaired) electrons. The highest BCUT2D eigenvalue weighted by atomic mass is 16.1. The average Bonchev–Trinajstić information content (AvgIpc) is 2.34. The Kier molecular flexibility index (Phi) is 3.98. The number of anilines is 1. The first-order valence-electron chi connectivity index (χ1n) is 7.26. The number of carbonyl (C=O) groups is 1. The predicted molar refractivity (Wildman–Crippen MR) is 81.1 cm³/mol. The van der Waals surface area contributed by atoms with Crippen molar-refractivity contribution < 1.29 is 4.79 Å². The molecular formula is C17H25NO. The Hall–Kier alpha value is -1.31. The van der Waals surface area contributed by atoms with Gasteiger partial charge in [-0.3, -0.25) is 4.79 Å². The number of carbonyl (C=O) groups excluding carboxylic acids is 1. The van der Waals surface area contributed by atoms with Crippen LogP contribution in [0.4, 0.5) is 5.69 Å². The minimum atomic E-state index is 0.162. The third-order valence-electron chi connectivity index (χ3n) is 3.83. The highest BCUT2D eigenvalue weighted by molar-refractivity contribution is 5.94. The van der Waals surface area contributed by atoms with Gasteiger partial charge in [-0.15, -0.1) is 0 Å². The zero-order valence-electron chi connectivity index (χ0n) is 12.6. The molecule has 2 heteroatoms. The SMILES string of the molecule is CC(=O)c1ccc2c(c1)CCCN2CCC(C)(C)C. The van der Waals surface area contributed by atoms with Crippen molar-refractivity contribution in [3.8, 4) is 0 Å². The van der Waals surface area contributed by atoms with E-state index < -0.39 is 0 Å². The zero-order valence-corrected chi connectivity index (χ0v) is 12.6. The maximum Gasteiger partial charge on any atom is 0.159 e. The Morgan fingerprint density at radius 1 is 1.32 bits per heavy atom. The molecule has 2 nitrogen and oxygen atoms in total. The molecule has 0 bridgehead atoms. The normalized spacial score (nSPS) is 15.3. The number of aryl methyl sites for hydroxylation is 1. The van der Waals surface area contributed by atoms with Crippen LogP contribution in [0.25, 0.3) is 0 Å². The molecule has 0 aliphatic carbocycles. The van der Waals surface area contributed by atoms with E-state index in [1.807, 2.05) is 6.07 Å². The van der Waals surface area contributed by atoms with Crippen molar-refractivity contribution in [3.63, 3.8) is 0 Å². The second-order valence-corrected chi connectivity index (χ2v) is 6.80. The number of hydrogen-bond donors (Lipinski definition) is 0. The summed E-state index contributed by atoms with van der Waals surface area (Å²) in [6.45, 7) is 10.8. The molecular weight excluding hydrogens is 234 g/mol. The van der Waals surface area contributed by atoms with Crippen LogP contribution in [0.15, 0.2) is 18.2 Å². The van der Waals surface area contributed by atoms with Crippen molar-refractivity contribution in [1.82, 2.24) is 0 Å². The van der Waals surface area contributed by atoms with Gasteiger partial charge in [0, 0.05) is 24.3 Å². The Morgan fingerprint density at radius 3 is 2.68 bits per heavy atom. The summed E-state index contributed by atoms with van der Waals surface area (Å²) in [6.07, 6.45) is 3.49. The van der Waals surface area contributed by atoms with E-state index in [4.69, 9.17) is 0 Å². The average molecular weight is 259 g/mol. The van der Waals surface area contributed by atoms with Crippen molar-refractivity contribution in [2.24, 2.45) is 5.41 Å². The minimum Gasteiger partial charge on any atom is -0.371 e. The van der Waals surface area contributed by atoms with Gasteiger partial charge in [-0.05, 0) is 55.4 Å². The van der Waals surface area contributed by atoms with E-state index in [1.54, 1.807) is 6.92 Å². The standard InChI is InChI=1S/C17H25NO/c1-13(19)14-7-8-16-15(12-14)6-5-10-18(16)11-9-17(2,3)4/h7-8,12H,5-6,9-11H2,1-4H3. The van der Waals surface area contributed by atoms with Crippen LogP contribution in [0.3, 0.4) is 0 Å². The van der Waals surface area contributed by atoms with Gasteiger partial charge in [0.1, 0.15) is 0 Å². The Balaban J connectivity index is 2.18. The zero-order chi connectivity index (χ0) is 14.0. The Labute approximate surface area is 116 Å². The number of ketones is 1. The highest BCUT2D eigenvalue weighted by Crippen LogP contribution is 2.30. The van der Waals surface area contributed by atoms with Crippen LogP contribution in [0.5, 0.6) is 0 Å². The fourth-order valence-corrected chi connectivity index (χ4v) is 2.60. The van der Waals surface area contributed by atoms with Gasteiger partial charge in [0.15, 0.2) is 5.78 Å². The predicted octanol–water partition coefficient (Wildman–Crippen LogP) is 4.08. The molecule has 0 amide bonds. The number of benzene rings is 1. The smallest absolute Gasteiger partial charge is 0.159 e. The maximum absolute atomic E-state index is 11.5. The van der Waals surface area contributed by atoms with Gasteiger partial charge in [0.05, 0.1) is 0 Å². The first kappa shape index (κ1) is 14.1. The van der Waals surface area contributed by atoms with Crippen LogP contribution in [0, 0.1) is 5.41 Å². The van der Waals surface area contributed by atoms with Crippen molar-refractivity contribution in [2.75, 3.05) is 18.0 Å². The molecule has 0 N–H and O–H groups in total. The fourth-order valence-electron chi connectivity index (χ4n) is 2.60. The number of hydrogen-bond acceptors (Lipinski definition) is 2. The fraction of sp³-hybridized carbons (Fsp3) is 0.588. The molecule has 0 spiro atoms. The minimum absolute atomic E-state index is 0.162. The van der Waals surface area contributed by atoms with Crippen LogP contribution in [0.1, 0.15) is 56.5 Å². The molecule has 1 aromatic carbocycles. The molecule has 1 aliphatic rings. The summed E-state index contributed by atoms with van der Waals surface area (Å²) in [5, 5.41) is 0. The van der Waals surface area contributed by atoms with Crippen LogP contribution >= 0.6 is 0 Å². The second-order valence-electron chi connectivity index (χ2n) is 6.80. The molecule has 0 saturated carbocycles. The summed E-state index contributed by atoms with van der Waals surface area (Å²) < 4.78 is 0. The van der Waals surface area contributed by atoms with Crippen molar-refractivity contribution in [1.29, 1.82) is 0 Å². The summed E-state index contributed by atoms with van der Waals surface area (Å²) in [6, 6.07) is 6.19. The molecule has 1 heterocycles.